The maximum Gasteiger partial charge on any atom is 0.356 e. The fourth-order valence-electron chi connectivity index (χ4n) is 1.29. The Morgan fingerprint density at radius 1 is 1.41 bits per heavy atom. The lowest BCUT2D eigenvalue weighted by molar-refractivity contribution is -0.193. The third-order valence-corrected chi connectivity index (χ3v) is 2.10. The molecule has 0 spiro atoms. The molecule has 1 aromatic heterocycles. The zero-order valence-electron chi connectivity index (χ0n) is 8.75. The van der Waals surface area contributed by atoms with Crippen LogP contribution in [-0.2, 0) is 19.2 Å². The maximum absolute atomic E-state index is 11.3. The van der Waals surface area contributed by atoms with E-state index in [0.717, 1.165) is 6.08 Å². The highest BCUT2D eigenvalue weighted by Crippen LogP contribution is 2.12. The standard InChI is InChI=1S/C10H9N3O4/c14-8-2-3-9(15)13(8)17-10(16)4-1-7-5-11-6-12-7/h1,4-6H,2-3H2,(H,11,12)/b4-1+. The van der Waals surface area contributed by atoms with Crippen molar-refractivity contribution in [3.05, 3.63) is 24.3 Å². The topological polar surface area (TPSA) is 92.4 Å². The van der Waals surface area contributed by atoms with Crippen molar-refractivity contribution in [2.24, 2.45) is 0 Å². The Kier molecular flexibility index (Phi) is 2.99. The Labute approximate surface area is 96.0 Å². The molecule has 0 bridgehead atoms. The van der Waals surface area contributed by atoms with E-state index in [-0.39, 0.29) is 12.8 Å². The number of nitrogens with one attached hydrogen (secondary N) is 1. The summed E-state index contributed by atoms with van der Waals surface area (Å²) in [6.07, 6.45) is 5.69. The van der Waals surface area contributed by atoms with E-state index in [4.69, 9.17) is 0 Å². The molecule has 0 atom stereocenters. The fraction of sp³-hybridized carbons (Fsp3) is 0.200. The Morgan fingerprint density at radius 3 is 2.71 bits per heavy atom. The van der Waals surface area contributed by atoms with Crippen molar-refractivity contribution in [3.8, 4) is 0 Å². The molecule has 2 rings (SSSR count). The molecule has 1 aromatic rings. The molecular weight excluding hydrogens is 226 g/mol. The molecule has 1 saturated heterocycles. The average Bonchev–Trinajstić information content (AvgIpc) is 2.91. The van der Waals surface area contributed by atoms with Gasteiger partial charge in [0, 0.05) is 25.1 Å². The van der Waals surface area contributed by atoms with Crippen LogP contribution in [0, 0.1) is 0 Å². The summed E-state index contributed by atoms with van der Waals surface area (Å²) < 4.78 is 0. The van der Waals surface area contributed by atoms with Crippen LogP contribution in [0.1, 0.15) is 18.5 Å². The molecule has 7 nitrogen and oxygen atoms in total. The number of amides is 2. The van der Waals surface area contributed by atoms with Gasteiger partial charge in [-0.05, 0) is 6.08 Å². The van der Waals surface area contributed by atoms with E-state index in [1.54, 1.807) is 6.20 Å². The lowest BCUT2D eigenvalue weighted by Gasteiger charge is -2.10. The van der Waals surface area contributed by atoms with Gasteiger partial charge in [0.25, 0.3) is 11.8 Å². The smallest absolute Gasteiger partial charge is 0.351 e. The van der Waals surface area contributed by atoms with E-state index in [2.05, 4.69) is 14.8 Å². The number of hydroxylamine groups is 2. The largest absolute Gasteiger partial charge is 0.356 e. The first-order chi connectivity index (χ1) is 8.16. The normalized spacial score (nSPS) is 15.9. The van der Waals surface area contributed by atoms with Crippen molar-refractivity contribution in [2.45, 2.75) is 12.8 Å². The third kappa shape index (κ3) is 2.57. The van der Waals surface area contributed by atoms with Crippen molar-refractivity contribution >= 4 is 23.9 Å². The number of aromatic nitrogens is 2. The molecule has 0 radical (unpaired) electrons. The number of hydrogen-bond donors (Lipinski definition) is 1. The summed E-state index contributed by atoms with van der Waals surface area (Å²) >= 11 is 0. The molecule has 2 heterocycles. The molecule has 2 amide bonds. The summed E-state index contributed by atoms with van der Waals surface area (Å²) in [4.78, 5) is 44.7. The number of imide groups is 1. The third-order valence-electron chi connectivity index (χ3n) is 2.10. The number of hydrogen-bond acceptors (Lipinski definition) is 5. The minimum absolute atomic E-state index is 0.0786. The molecule has 1 fully saturated rings. The highest BCUT2D eigenvalue weighted by atomic mass is 16.7. The molecule has 88 valence electrons. The van der Waals surface area contributed by atoms with Crippen LogP contribution in [0.3, 0.4) is 0 Å². The molecule has 0 aromatic carbocycles. The van der Waals surface area contributed by atoms with Gasteiger partial charge in [-0.2, -0.15) is 0 Å². The summed E-state index contributed by atoms with van der Waals surface area (Å²) in [5, 5.41) is 0.497. The van der Waals surface area contributed by atoms with Gasteiger partial charge in [0.1, 0.15) is 0 Å². The highest BCUT2D eigenvalue weighted by molar-refractivity contribution is 6.02. The van der Waals surface area contributed by atoms with Gasteiger partial charge in [-0.1, -0.05) is 0 Å². The minimum Gasteiger partial charge on any atom is -0.351 e. The Morgan fingerprint density at radius 2 is 2.12 bits per heavy atom. The predicted molar refractivity (Wildman–Crippen MR) is 54.8 cm³/mol. The van der Waals surface area contributed by atoms with Gasteiger partial charge in [-0.25, -0.2) is 9.78 Å². The molecule has 0 saturated carbocycles. The van der Waals surface area contributed by atoms with Crippen LogP contribution in [-0.4, -0.2) is 32.8 Å². The van der Waals surface area contributed by atoms with Crippen LogP contribution in [0.25, 0.3) is 6.08 Å². The van der Waals surface area contributed by atoms with Gasteiger partial charge in [-0.3, -0.25) is 9.59 Å². The molecule has 1 N–H and O–H groups in total. The molecular formula is C10H9N3O4. The van der Waals surface area contributed by atoms with E-state index in [9.17, 15) is 14.4 Å². The van der Waals surface area contributed by atoms with E-state index in [0.29, 0.717) is 10.8 Å². The number of nitrogens with zero attached hydrogens (tertiary/aromatic N) is 2. The highest BCUT2D eigenvalue weighted by Gasteiger charge is 2.32. The predicted octanol–water partition coefficient (Wildman–Crippen LogP) is 0.0301. The molecule has 1 aliphatic heterocycles. The number of H-pyrrole nitrogens is 1. The van der Waals surface area contributed by atoms with Gasteiger partial charge < -0.3 is 9.82 Å². The van der Waals surface area contributed by atoms with Crippen molar-refractivity contribution in [1.82, 2.24) is 15.0 Å². The van der Waals surface area contributed by atoms with Crippen LogP contribution >= 0.6 is 0 Å². The van der Waals surface area contributed by atoms with Crippen LogP contribution in [0.4, 0.5) is 0 Å². The van der Waals surface area contributed by atoms with Crippen LogP contribution < -0.4 is 0 Å². The average molecular weight is 235 g/mol. The van der Waals surface area contributed by atoms with E-state index >= 15 is 0 Å². The lowest BCUT2D eigenvalue weighted by atomic mass is 10.4. The summed E-state index contributed by atoms with van der Waals surface area (Å²) in [7, 11) is 0. The van der Waals surface area contributed by atoms with Crippen LogP contribution in [0.15, 0.2) is 18.6 Å². The van der Waals surface area contributed by atoms with Gasteiger partial charge >= 0.3 is 5.97 Å². The molecule has 1 aliphatic rings. The second-order valence-corrected chi connectivity index (χ2v) is 3.32. The molecule has 0 aliphatic carbocycles. The summed E-state index contributed by atoms with van der Waals surface area (Å²) in [5.41, 5.74) is 0.543. The monoisotopic (exact) mass is 235 g/mol. The molecule has 17 heavy (non-hydrogen) atoms. The summed E-state index contributed by atoms with van der Waals surface area (Å²) in [6.45, 7) is 0. The number of imidazole rings is 1. The Bertz CT molecular complexity index is 462. The van der Waals surface area contributed by atoms with Crippen molar-refractivity contribution < 1.29 is 19.2 Å². The van der Waals surface area contributed by atoms with Gasteiger partial charge in [0.05, 0.1) is 12.0 Å². The first-order valence-electron chi connectivity index (χ1n) is 4.91. The second kappa shape index (κ2) is 4.60. The number of aromatic amines is 1. The van der Waals surface area contributed by atoms with Crippen molar-refractivity contribution in [2.75, 3.05) is 0 Å². The maximum atomic E-state index is 11.3. The summed E-state index contributed by atoms with van der Waals surface area (Å²) in [5.74, 6) is -1.80. The zero-order valence-corrected chi connectivity index (χ0v) is 8.75. The van der Waals surface area contributed by atoms with Crippen LogP contribution in [0.2, 0.25) is 0 Å². The SMILES string of the molecule is O=C(/C=C/c1c[nH]cn1)ON1C(=O)CCC1=O. The van der Waals surface area contributed by atoms with Gasteiger partial charge in [0.15, 0.2) is 0 Å². The lowest BCUT2D eigenvalue weighted by Crippen LogP contribution is -2.31. The minimum atomic E-state index is -0.795. The first-order valence-corrected chi connectivity index (χ1v) is 4.91. The molecule has 7 heteroatoms. The van der Waals surface area contributed by atoms with E-state index in [1.807, 2.05) is 0 Å². The van der Waals surface area contributed by atoms with Crippen molar-refractivity contribution in [1.29, 1.82) is 0 Å². The first kappa shape index (κ1) is 11.1. The van der Waals surface area contributed by atoms with E-state index in [1.165, 1.54) is 12.4 Å². The number of carbonyl (C=O) groups is 3. The van der Waals surface area contributed by atoms with Crippen molar-refractivity contribution in [3.63, 3.8) is 0 Å². The zero-order chi connectivity index (χ0) is 12.3. The summed E-state index contributed by atoms with van der Waals surface area (Å²) in [6, 6.07) is 0. The second-order valence-electron chi connectivity index (χ2n) is 3.32. The number of carbonyl (C=O) groups excluding carboxylic acids is 3. The quantitative estimate of drug-likeness (QED) is 0.589. The number of rotatable bonds is 3. The van der Waals surface area contributed by atoms with E-state index < -0.39 is 17.8 Å². The fourth-order valence-corrected chi connectivity index (χ4v) is 1.29. The Hall–Kier alpha value is -2.44. The van der Waals surface area contributed by atoms with Gasteiger partial charge in [-0.15, -0.1) is 5.06 Å². The Balaban J connectivity index is 1.93. The van der Waals surface area contributed by atoms with Crippen LogP contribution in [0.5, 0.6) is 0 Å². The van der Waals surface area contributed by atoms with Gasteiger partial charge in [0.2, 0.25) is 0 Å². The molecule has 0 unspecified atom stereocenters.